The van der Waals surface area contributed by atoms with Crippen LogP contribution >= 0.6 is 0 Å². The first-order valence-electron chi connectivity index (χ1n) is 11.9. The summed E-state index contributed by atoms with van der Waals surface area (Å²) in [6.07, 6.45) is 9.09. The van der Waals surface area contributed by atoms with Crippen molar-refractivity contribution in [1.29, 1.82) is 0 Å². The molecule has 2 aromatic carbocycles. The van der Waals surface area contributed by atoms with Gasteiger partial charge in [0.05, 0.1) is 0 Å². The van der Waals surface area contributed by atoms with Gasteiger partial charge in [-0.1, -0.05) is 36.4 Å². The van der Waals surface area contributed by atoms with E-state index in [1.807, 2.05) is 24.5 Å². The topological polar surface area (TPSA) is 45.6 Å². The highest BCUT2D eigenvalue weighted by Crippen LogP contribution is 2.30. The normalized spacial score (nSPS) is 17.8. The number of pyridine rings is 1. The molecule has 5 rings (SSSR count). The van der Waals surface area contributed by atoms with Crippen molar-refractivity contribution in [3.63, 3.8) is 0 Å². The average molecular weight is 429 g/mol. The fourth-order valence-electron chi connectivity index (χ4n) is 5.11. The Bertz CT molecular complexity index is 1010. The Hall–Kier alpha value is -2.69. The molecule has 1 unspecified atom stereocenters. The van der Waals surface area contributed by atoms with E-state index in [1.165, 1.54) is 35.1 Å². The summed E-state index contributed by atoms with van der Waals surface area (Å²) in [6, 6.07) is 19.4. The quantitative estimate of drug-likeness (QED) is 0.584. The van der Waals surface area contributed by atoms with Crippen molar-refractivity contribution in [3.8, 4) is 16.9 Å². The van der Waals surface area contributed by atoms with E-state index < -0.39 is 6.10 Å². The van der Waals surface area contributed by atoms with E-state index in [4.69, 9.17) is 4.74 Å². The number of aryl methyl sites for hydroxylation is 2. The second-order valence-corrected chi connectivity index (χ2v) is 9.19. The summed E-state index contributed by atoms with van der Waals surface area (Å²) in [6.45, 7) is 3.07. The summed E-state index contributed by atoms with van der Waals surface area (Å²) in [4.78, 5) is 6.59. The standard InChI is InChI=1S/C28H32N2O2/c31-27(20-32-28-11-10-21-3-1-4-25(21)17-28)19-30-15-12-24(13-16-30)22-6-8-23(9-7-22)26-5-2-14-29-18-26/h2,5-11,14,17-18,24,27,31H,1,3-4,12-13,15-16,19-20H2. The van der Waals surface area contributed by atoms with Gasteiger partial charge in [-0.15, -0.1) is 0 Å². The predicted molar refractivity (Wildman–Crippen MR) is 128 cm³/mol. The van der Waals surface area contributed by atoms with Gasteiger partial charge in [0.25, 0.3) is 0 Å². The molecule has 1 fully saturated rings. The van der Waals surface area contributed by atoms with Crippen molar-refractivity contribution in [3.05, 3.63) is 83.7 Å². The molecule has 1 saturated heterocycles. The number of aliphatic hydroxyl groups is 1. The van der Waals surface area contributed by atoms with Crippen LogP contribution in [0.4, 0.5) is 0 Å². The van der Waals surface area contributed by atoms with Crippen molar-refractivity contribution >= 4 is 0 Å². The molecule has 32 heavy (non-hydrogen) atoms. The summed E-state index contributed by atoms with van der Waals surface area (Å²) in [5.41, 5.74) is 6.65. The monoisotopic (exact) mass is 428 g/mol. The number of ether oxygens (including phenoxy) is 1. The fourth-order valence-corrected chi connectivity index (χ4v) is 5.11. The lowest BCUT2D eigenvalue weighted by Gasteiger charge is -2.33. The number of benzene rings is 2. The van der Waals surface area contributed by atoms with Gasteiger partial charge in [-0.05, 0) is 97.1 Å². The number of aliphatic hydroxyl groups excluding tert-OH is 1. The lowest BCUT2D eigenvalue weighted by Crippen LogP contribution is -2.40. The van der Waals surface area contributed by atoms with Crippen LogP contribution in [0, 0.1) is 0 Å². The first-order valence-corrected chi connectivity index (χ1v) is 11.9. The van der Waals surface area contributed by atoms with Crippen LogP contribution in [-0.2, 0) is 12.8 Å². The first-order chi connectivity index (χ1) is 15.7. The number of fused-ring (bicyclic) bond motifs is 1. The van der Waals surface area contributed by atoms with Crippen LogP contribution < -0.4 is 4.74 Å². The lowest BCUT2D eigenvalue weighted by molar-refractivity contribution is 0.0594. The van der Waals surface area contributed by atoms with Gasteiger partial charge >= 0.3 is 0 Å². The Balaban J connectivity index is 1.08. The summed E-state index contributed by atoms with van der Waals surface area (Å²) < 4.78 is 5.89. The van der Waals surface area contributed by atoms with E-state index in [-0.39, 0.29) is 0 Å². The lowest BCUT2D eigenvalue weighted by atomic mass is 9.88. The van der Waals surface area contributed by atoms with Crippen LogP contribution in [0.1, 0.15) is 41.9 Å². The van der Waals surface area contributed by atoms with Crippen molar-refractivity contribution in [1.82, 2.24) is 9.88 Å². The van der Waals surface area contributed by atoms with Gasteiger partial charge in [0.2, 0.25) is 0 Å². The first kappa shape index (κ1) is 21.2. The largest absolute Gasteiger partial charge is 0.491 e. The highest BCUT2D eigenvalue weighted by Gasteiger charge is 2.22. The molecule has 1 aromatic heterocycles. The molecule has 1 N–H and O–H groups in total. The molecule has 2 heterocycles. The van der Waals surface area contributed by atoms with Crippen LogP contribution in [0.15, 0.2) is 67.0 Å². The molecule has 0 bridgehead atoms. The minimum Gasteiger partial charge on any atom is -0.491 e. The number of hydrogen-bond donors (Lipinski definition) is 1. The van der Waals surface area contributed by atoms with Crippen LogP contribution in [0.25, 0.3) is 11.1 Å². The number of nitrogens with zero attached hydrogens (tertiary/aromatic N) is 2. The summed E-state index contributed by atoms with van der Waals surface area (Å²) in [5.74, 6) is 1.48. The number of hydrogen-bond acceptors (Lipinski definition) is 4. The maximum Gasteiger partial charge on any atom is 0.119 e. The third kappa shape index (κ3) is 5.03. The zero-order valence-corrected chi connectivity index (χ0v) is 18.6. The van der Waals surface area contributed by atoms with Gasteiger partial charge in [-0.3, -0.25) is 4.98 Å². The van der Waals surface area contributed by atoms with Gasteiger partial charge in [-0.25, -0.2) is 0 Å². The van der Waals surface area contributed by atoms with Crippen molar-refractivity contribution in [2.24, 2.45) is 0 Å². The van der Waals surface area contributed by atoms with Crippen molar-refractivity contribution in [2.45, 2.75) is 44.1 Å². The Morgan fingerprint density at radius 2 is 1.78 bits per heavy atom. The minimum absolute atomic E-state index is 0.356. The molecule has 0 spiro atoms. The molecule has 3 aromatic rings. The van der Waals surface area contributed by atoms with Gasteiger partial charge in [-0.2, -0.15) is 0 Å². The van der Waals surface area contributed by atoms with E-state index in [9.17, 15) is 5.11 Å². The Kier molecular flexibility index (Phi) is 6.51. The Morgan fingerprint density at radius 3 is 2.56 bits per heavy atom. The zero-order valence-electron chi connectivity index (χ0n) is 18.6. The predicted octanol–water partition coefficient (Wildman–Crippen LogP) is 4.86. The summed E-state index contributed by atoms with van der Waals surface area (Å²) >= 11 is 0. The molecule has 166 valence electrons. The Morgan fingerprint density at radius 1 is 0.969 bits per heavy atom. The molecule has 1 atom stereocenters. The molecule has 0 amide bonds. The fraction of sp³-hybridized carbons (Fsp3) is 0.393. The van der Waals surface area contributed by atoms with E-state index in [2.05, 4.69) is 52.3 Å². The number of likely N-dealkylation sites (tertiary alicyclic amines) is 1. The number of piperidine rings is 1. The average Bonchev–Trinajstić information content (AvgIpc) is 3.32. The van der Waals surface area contributed by atoms with Gasteiger partial charge in [0.15, 0.2) is 0 Å². The molecule has 4 nitrogen and oxygen atoms in total. The third-order valence-electron chi connectivity index (χ3n) is 6.95. The van der Waals surface area contributed by atoms with Crippen molar-refractivity contribution in [2.75, 3.05) is 26.2 Å². The molecule has 0 saturated carbocycles. The smallest absolute Gasteiger partial charge is 0.119 e. The van der Waals surface area contributed by atoms with Gasteiger partial charge < -0.3 is 14.7 Å². The molecular formula is C28H32N2O2. The highest BCUT2D eigenvalue weighted by atomic mass is 16.5. The zero-order chi connectivity index (χ0) is 21.8. The second kappa shape index (κ2) is 9.85. The second-order valence-electron chi connectivity index (χ2n) is 9.19. The van der Waals surface area contributed by atoms with E-state index in [0.717, 1.165) is 43.7 Å². The molecule has 1 aliphatic heterocycles. The molecule has 0 radical (unpaired) electrons. The molecular weight excluding hydrogens is 396 g/mol. The van der Waals surface area contributed by atoms with Crippen LogP contribution in [0.2, 0.25) is 0 Å². The minimum atomic E-state index is -0.460. The van der Waals surface area contributed by atoms with Crippen molar-refractivity contribution < 1.29 is 9.84 Å². The highest BCUT2D eigenvalue weighted by molar-refractivity contribution is 5.62. The maximum absolute atomic E-state index is 10.5. The number of aromatic nitrogens is 1. The Labute approximate surface area is 190 Å². The maximum atomic E-state index is 10.5. The molecule has 4 heteroatoms. The number of rotatable bonds is 7. The van der Waals surface area contributed by atoms with E-state index >= 15 is 0 Å². The molecule has 1 aliphatic carbocycles. The molecule has 2 aliphatic rings. The van der Waals surface area contributed by atoms with Crippen LogP contribution in [0.5, 0.6) is 5.75 Å². The van der Waals surface area contributed by atoms with E-state index in [1.54, 1.807) is 0 Å². The van der Waals surface area contributed by atoms with Crippen LogP contribution in [-0.4, -0.2) is 47.3 Å². The summed E-state index contributed by atoms with van der Waals surface area (Å²) in [5, 5.41) is 10.5. The SMILES string of the molecule is OC(COc1ccc2c(c1)CCC2)CN1CCC(c2ccc(-c3cccnc3)cc2)CC1. The number of β-amino-alcohol motifs (C(OH)–C–C–N with tert-alkyl or cyclic N) is 1. The third-order valence-corrected chi connectivity index (χ3v) is 6.95. The van der Waals surface area contributed by atoms with Gasteiger partial charge in [0.1, 0.15) is 18.5 Å². The summed E-state index contributed by atoms with van der Waals surface area (Å²) in [7, 11) is 0. The van der Waals surface area contributed by atoms with Gasteiger partial charge in [0, 0.05) is 18.9 Å². The van der Waals surface area contributed by atoms with E-state index in [0.29, 0.717) is 19.1 Å². The van der Waals surface area contributed by atoms with Crippen LogP contribution in [0.3, 0.4) is 0 Å².